The SMILES string of the molecule is CCNC(=O)C(Cc1ccccc1)N(Cc1cccc(Cl)c1)C(=O)CN(c1cccc(C(F)(F)F)c1)S(C)(=O)=O. The number of hydrogen-bond acceptors (Lipinski definition) is 4. The summed E-state index contributed by atoms with van der Waals surface area (Å²) in [5.41, 5.74) is -0.0640. The molecular formula is C28H29ClF3N3O4S. The number of nitrogens with zero attached hydrogens (tertiary/aromatic N) is 2. The molecule has 0 saturated heterocycles. The second-order valence-corrected chi connectivity index (χ2v) is 11.4. The van der Waals surface area contributed by atoms with Gasteiger partial charge in [-0.05, 0) is 48.4 Å². The number of alkyl halides is 3. The van der Waals surface area contributed by atoms with Crippen molar-refractivity contribution in [3.05, 3.63) is 101 Å². The number of likely N-dealkylation sites (N-methyl/N-ethyl adjacent to an activating group) is 1. The predicted molar refractivity (Wildman–Crippen MR) is 148 cm³/mol. The van der Waals surface area contributed by atoms with Gasteiger partial charge in [-0.3, -0.25) is 13.9 Å². The number of carbonyl (C=O) groups excluding carboxylic acids is 2. The van der Waals surface area contributed by atoms with Crippen LogP contribution in [0, 0.1) is 0 Å². The smallest absolute Gasteiger partial charge is 0.355 e. The van der Waals surface area contributed by atoms with E-state index in [9.17, 15) is 31.2 Å². The number of carbonyl (C=O) groups is 2. The summed E-state index contributed by atoms with van der Waals surface area (Å²) in [6.07, 6.45) is -3.81. The van der Waals surface area contributed by atoms with E-state index >= 15 is 0 Å². The molecule has 7 nitrogen and oxygen atoms in total. The number of benzene rings is 3. The maximum absolute atomic E-state index is 13.9. The van der Waals surface area contributed by atoms with Crippen LogP contribution in [0.25, 0.3) is 0 Å². The fourth-order valence-electron chi connectivity index (χ4n) is 4.13. The first-order valence-electron chi connectivity index (χ1n) is 12.3. The molecule has 3 aromatic rings. The maximum Gasteiger partial charge on any atom is 0.416 e. The van der Waals surface area contributed by atoms with Crippen molar-refractivity contribution in [2.24, 2.45) is 0 Å². The first-order chi connectivity index (χ1) is 18.8. The molecule has 0 fully saturated rings. The van der Waals surface area contributed by atoms with Crippen molar-refractivity contribution in [1.82, 2.24) is 10.2 Å². The average molecular weight is 596 g/mol. The fraction of sp³-hybridized carbons (Fsp3) is 0.286. The van der Waals surface area contributed by atoms with Gasteiger partial charge in [-0.15, -0.1) is 0 Å². The highest BCUT2D eigenvalue weighted by molar-refractivity contribution is 7.92. The van der Waals surface area contributed by atoms with Crippen molar-refractivity contribution < 1.29 is 31.2 Å². The third-order valence-electron chi connectivity index (χ3n) is 6.00. The average Bonchev–Trinajstić information content (AvgIpc) is 2.89. The number of sulfonamides is 1. The zero-order valence-electron chi connectivity index (χ0n) is 21.9. The number of anilines is 1. The lowest BCUT2D eigenvalue weighted by Gasteiger charge is -2.33. The van der Waals surface area contributed by atoms with Gasteiger partial charge in [0.1, 0.15) is 12.6 Å². The van der Waals surface area contributed by atoms with E-state index in [1.54, 1.807) is 61.5 Å². The van der Waals surface area contributed by atoms with Crippen molar-refractivity contribution >= 4 is 39.1 Å². The van der Waals surface area contributed by atoms with Crippen molar-refractivity contribution in [3.63, 3.8) is 0 Å². The van der Waals surface area contributed by atoms with E-state index in [0.29, 0.717) is 21.0 Å². The molecule has 0 saturated carbocycles. The zero-order chi connectivity index (χ0) is 29.5. The molecule has 12 heteroatoms. The standard InChI is InChI=1S/C28H29ClF3N3O4S/c1-3-33-27(37)25(16-20-9-5-4-6-10-20)34(18-21-11-7-13-23(29)15-21)26(36)19-35(40(2,38)39)24-14-8-12-22(17-24)28(30,31)32/h4-15,17,25H,3,16,18-19H2,1-2H3,(H,33,37). The van der Waals surface area contributed by atoms with Crippen molar-refractivity contribution in [1.29, 1.82) is 0 Å². The second kappa shape index (κ2) is 13.2. The fourth-order valence-corrected chi connectivity index (χ4v) is 5.18. The first-order valence-corrected chi connectivity index (χ1v) is 14.5. The Hall–Kier alpha value is -3.57. The summed E-state index contributed by atoms with van der Waals surface area (Å²) in [6.45, 7) is 1.07. The van der Waals surface area contributed by atoms with Crippen molar-refractivity contribution in [3.8, 4) is 0 Å². The zero-order valence-corrected chi connectivity index (χ0v) is 23.4. The van der Waals surface area contributed by atoms with E-state index in [1.165, 1.54) is 11.0 Å². The lowest BCUT2D eigenvalue weighted by atomic mass is 10.0. The van der Waals surface area contributed by atoms with Crippen LogP contribution in [-0.2, 0) is 38.8 Å². The highest BCUT2D eigenvalue weighted by Gasteiger charge is 2.34. The molecule has 0 heterocycles. The Kier molecular flexibility index (Phi) is 10.2. The van der Waals surface area contributed by atoms with Gasteiger partial charge in [-0.25, -0.2) is 8.42 Å². The van der Waals surface area contributed by atoms with Crippen LogP contribution in [0.3, 0.4) is 0 Å². The Balaban J connectivity index is 2.06. The minimum Gasteiger partial charge on any atom is -0.355 e. The number of halogens is 4. The summed E-state index contributed by atoms with van der Waals surface area (Å²) in [4.78, 5) is 28.4. The van der Waals surface area contributed by atoms with Crippen LogP contribution in [0.4, 0.5) is 18.9 Å². The molecule has 0 radical (unpaired) electrons. The molecule has 214 valence electrons. The molecule has 0 aliphatic carbocycles. The summed E-state index contributed by atoms with van der Waals surface area (Å²) in [6, 6.07) is 18.2. The van der Waals surface area contributed by atoms with E-state index in [-0.39, 0.29) is 25.2 Å². The van der Waals surface area contributed by atoms with Crippen LogP contribution in [0.15, 0.2) is 78.9 Å². The Morgan fingerprint density at radius 3 is 2.20 bits per heavy atom. The minimum absolute atomic E-state index is 0.103. The number of rotatable bonds is 11. The maximum atomic E-state index is 13.9. The summed E-state index contributed by atoms with van der Waals surface area (Å²) < 4.78 is 66.2. The van der Waals surface area contributed by atoms with Crippen LogP contribution < -0.4 is 9.62 Å². The van der Waals surface area contributed by atoms with Crippen molar-refractivity contribution in [2.75, 3.05) is 23.7 Å². The van der Waals surface area contributed by atoms with E-state index in [0.717, 1.165) is 24.0 Å². The van der Waals surface area contributed by atoms with Gasteiger partial charge in [0.15, 0.2) is 0 Å². The molecule has 3 aromatic carbocycles. The molecule has 1 unspecified atom stereocenters. The Labute approximate surface area is 236 Å². The lowest BCUT2D eigenvalue weighted by molar-refractivity contribution is -0.140. The van der Waals surface area contributed by atoms with Crippen LogP contribution >= 0.6 is 11.6 Å². The van der Waals surface area contributed by atoms with Gasteiger partial charge in [0, 0.05) is 24.5 Å². The molecule has 0 aromatic heterocycles. The monoisotopic (exact) mass is 595 g/mol. The number of amides is 2. The highest BCUT2D eigenvalue weighted by atomic mass is 35.5. The summed E-state index contributed by atoms with van der Waals surface area (Å²) >= 11 is 6.14. The normalized spacial score (nSPS) is 12.4. The van der Waals surface area contributed by atoms with Gasteiger partial charge >= 0.3 is 6.18 Å². The van der Waals surface area contributed by atoms with Gasteiger partial charge in [0.25, 0.3) is 0 Å². The van der Waals surface area contributed by atoms with Crippen LogP contribution in [0.1, 0.15) is 23.6 Å². The predicted octanol–water partition coefficient (Wildman–Crippen LogP) is 4.90. The van der Waals surface area contributed by atoms with Gasteiger partial charge < -0.3 is 10.2 Å². The molecule has 1 N–H and O–H groups in total. The van der Waals surface area contributed by atoms with Crippen LogP contribution in [0.5, 0.6) is 0 Å². The summed E-state index contributed by atoms with van der Waals surface area (Å²) in [7, 11) is -4.21. The third-order valence-corrected chi connectivity index (χ3v) is 7.38. The molecular weight excluding hydrogens is 567 g/mol. The lowest BCUT2D eigenvalue weighted by Crippen LogP contribution is -2.53. The Morgan fingerprint density at radius 1 is 0.950 bits per heavy atom. The van der Waals surface area contributed by atoms with E-state index in [2.05, 4.69) is 5.32 Å². The molecule has 40 heavy (non-hydrogen) atoms. The Bertz CT molecular complexity index is 1440. The largest absolute Gasteiger partial charge is 0.416 e. The Morgan fingerprint density at radius 2 is 1.60 bits per heavy atom. The van der Waals surface area contributed by atoms with E-state index in [1.807, 2.05) is 0 Å². The molecule has 0 bridgehead atoms. The van der Waals surface area contributed by atoms with Crippen molar-refractivity contribution in [2.45, 2.75) is 32.1 Å². The summed E-state index contributed by atoms with van der Waals surface area (Å²) in [5, 5.41) is 3.11. The van der Waals surface area contributed by atoms with Gasteiger partial charge in [0.05, 0.1) is 17.5 Å². The molecule has 0 aliphatic rings. The van der Waals surface area contributed by atoms with Gasteiger partial charge in [-0.2, -0.15) is 13.2 Å². The molecule has 3 rings (SSSR count). The topological polar surface area (TPSA) is 86.8 Å². The second-order valence-electron chi connectivity index (χ2n) is 9.07. The first kappa shape index (κ1) is 31.0. The molecule has 2 amide bonds. The minimum atomic E-state index is -4.72. The van der Waals surface area contributed by atoms with E-state index in [4.69, 9.17) is 11.6 Å². The third kappa shape index (κ3) is 8.46. The summed E-state index contributed by atoms with van der Waals surface area (Å²) in [5.74, 6) is -1.25. The van der Waals surface area contributed by atoms with Crippen LogP contribution in [0.2, 0.25) is 5.02 Å². The molecule has 0 aliphatic heterocycles. The quantitative estimate of drug-likeness (QED) is 0.342. The number of hydrogen-bond donors (Lipinski definition) is 1. The van der Waals surface area contributed by atoms with Gasteiger partial charge in [-0.1, -0.05) is 60.1 Å². The molecule has 0 spiro atoms. The number of nitrogens with one attached hydrogen (secondary N) is 1. The molecule has 1 atom stereocenters. The van der Waals surface area contributed by atoms with Gasteiger partial charge in [0.2, 0.25) is 21.8 Å². The van der Waals surface area contributed by atoms with E-state index < -0.39 is 46.2 Å². The van der Waals surface area contributed by atoms with Crippen LogP contribution in [-0.4, -0.2) is 50.5 Å². The highest BCUT2D eigenvalue weighted by Crippen LogP contribution is 2.32.